The van der Waals surface area contributed by atoms with Crippen molar-refractivity contribution in [3.8, 4) is 0 Å². The van der Waals surface area contributed by atoms with E-state index in [2.05, 4.69) is 46.5 Å². The molecular formula is C16H20ClN3. The maximum Gasteiger partial charge on any atom is 0.138 e. The van der Waals surface area contributed by atoms with Crippen molar-refractivity contribution in [1.82, 2.24) is 9.97 Å². The molecule has 4 heteroatoms. The molecule has 2 aromatic rings. The fourth-order valence-corrected chi connectivity index (χ4v) is 2.35. The third-order valence-corrected chi connectivity index (χ3v) is 3.61. The lowest BCUT2D eigenvalue weighted by atomic mass is 10.1. The monoisotopic (exact) mass is 289 g/mol. The standard InChI is InChI=1S/C16H20ClN3/c1-3-5-6-12-7-9-13(10-8-12)20-16-14(4-2)15(17)18-11-19-16/h7-11H,3-6H2,1-2H3,(H,18,19,20). The summed E-state index contributed by atoms with van der Waals surface area (Å²) in [6.45, 7) is 4.25. The van der Waals surface area contributed by atoms with Crippen molar-refractivity contribution < 1.29 is 0 Å². The van der Waals surface area contributed by atoms with Crippen LogP contribution >= 0.6 is 11.6 Å². The minimum Gasteiger partial charge on any atom is -0.340 e. The van der Waals surface area contributed by atoms with Crippen molar-refractivity contribution in [3.05, 3.63) is 46.9 Å². The van der Waals surface area contributed by atoms with Gasteiger partial charge in [0.1, 0.15) is 17.3 Å². The molecular weight excluding hydrogens is 270 g/mol. The lowest BCUT2D eigenvalue weighted by Gasteiger charge is -2.11. The lowest BCUT2D eigenvalue weighted by molar-refractivity contribution is 0.795. The van der Waals surface area contributed by atoms with Crippen LogP contribution in [0.2, 0.25) is 5.15 Å². The Morgan fingerprint density at radius 1 is 1.10 bits per heavy atom. The Hall–Kier alpha value is -1.61. The molecule has 0 amide bonds. The highest BCUT2D eigenvalue weighted by Crippen LogP contribution is 2.24. The van der Waals surface area contributed by atoms with E-state index in [4.69, 9.17) is 11.6 Å². The quantitative estimate of drug-likeness (QED) is 0.778. The molecule has 0 unspecified atom stereocenters. The highest BCUT2D eigenvalue weighted by molar-refractivity contribution is 6.30. The number of hydrogen-bond donors (Lipinski definition) is 1. The molecule has 0 saturated heterocycles. The molecule has 1 aromatic heterocycles. The smallest absolute Gasteiger partial charge is 0.138 e. The van der Waals surface area contributed by atoms with E-state index in [1.54, 1.807) is 0 Å². The fraction of sp³-hybridized carbons (Fsp3) is 0.375. The van der Waals surface area contributed by atoms with Crippen LogP contribution in [0.25, 0.3) is 0 Å². The van der Waals surface area contributed by atoms with Crippen molar-refractivity contribution >= 4 is 23.1 Å². The third kappa shape index (κ3) is 3.70. The number of anilines is 2. The second-order valence-corrected chi connectivity index (χ2v) is 5.13. The lowest BCUT2D eigenvalue weighted by Crippen LogP contribution is -2.00. The van der Waals surface area contributed by atoms with Crippen LogP contribution in [0.1, 0.15) is 37.8 Å². The average molecular weight is 290 g/mol. The van der Waals surface area contributed by atoms with Crippen LogP contribution in [-0.4, -0.2) is 9.97 Å². The Labute approximate surface area is 125 Å². The summed E-state index contributed by atoms with van der Waals surface area (Å²) in [5.41, 5.74) is 3.34. The van der Waals surface area contributed by atoms with Crippen molar-refractivity contribution in [3.63, 3.8) is 0 Å². The van der Waals surface area contributed by atoms with E-state index >= 15 is 0 Å². The van der Waals surface area contributed by atoms with E-state index in [1.807, 2.05) is 6.92 Å². The number of halogens is 1. The number of unbranched alkanes of at least 4 members (excludes halogenated alkanes) is 1. The van der Waals surface area contributed by atoms with Gasteiger partial charge in [-0.05, 0) is 37.0 Å². The van der Waals surface area contributed by atoms with Crippen molar-refractivity contribution in [2.75, 3.05) is 5.32 Å². The molecule has 106 valence electrons. The first-order valence-electron chi connectivity index (χ1n) is 7.10. The van der Waals surface area contributed by atoms with Crippen LogP contribution in [0.15, 0.2) is 30.6 Å². The zero-order chi connectivity index (χ0) is 14.4. The summed E-state index contributed by atoms with van der Waals surface area (Å²) in [6.07, 6.45) is 5.87. The summed E-state index contributed by atoms with van der Waals surface area (Å²) in [5.74, 6) is 0.786. The molecule has 2 rings (SSSR count). The SMILES string of the molecule is CCCCc1ccc(Nc2ncnc(Cl)c2CC)cc1. The highest BCUT2D eigenvalue weighted by Gasteiger charge is 2.07. The van der Waals surface area contributed by atoms with Crippen molar-refractivity contribution in [2.45, 2.75) is 39.5 Å². The first-order chi connectivity index (χ1) is 9.74. The minimum atomic E-state index is 0.518. The van der Waals surface area contributed by atoms with Gasteiger partial charge < -0.3 is 5.32 Å². The molecule has 1 heterocycles. The van der Waals surface area contributed by atoms with Crippen LogP contribution in [-0.2, 0) is 12.8 Å². The summed E-state index contributed by atoms with van der Waals surface area (Å²) >= 11 is 6.09. The van der Waals surface area contributed by atoms with Gasteiger partial charge in [0.15, 0.2) is 0 Å². The summed E-state index contributed by atoms with van der Waals surface area (Å²) in [5, 5.41) is 3.83. The predicted octanol–water partition coefficient (Wildman–Crippen LogP) is 4.78. The van der Waals surface area contributed by atoms with E-state index in [0.717, 1.165) is 29.9 Å². The van der Waals surface area contributed by atoms with E-state index < -0.39 is 0 Å². The minimum absolute atomic E-state index is 0.518. The first-order valence-corrected chi connectivity index (χ1v) is 7.47. The van der Waals surface area contributed by atoms with Gasteiger partial charge in [0.25, 0.3) is 0 Å². The number of nitrogens with zero attached hydrogens (tertiary/aromatic N) is 2. The van der Waals surface area contributed by atoms with E-state index in [9.17, 15) is 0 Å². The molecule has 1 aromatic carbocycles. The van der Waals surface area contributed by atoms with Crippen LogP contribution in [0.4, 0.5) is 11.5 Å². The molecule has 0 aliphatic rings. The molecule has 0 aliphatic carbocycles. The molecule has 0 aliphatic heterocycles. The Morgan fingerprint density at radius 2 is 1.85 bits per heavy atom. The Morgan fingerprint density at radius 3 is 2.50 bits per heavy atom. The molecule has 0 saturated carbocycles. The van der Waals surface area contributed by atoms with Gasteiger partial charge >= 0.3 is 0 Å². The predicted molar refractivity (Wildman–Crippen MR) is 84.8 cm³/mol. The van der Waals surface area contributed by atoms with Crippen molar-refractivity contribution in [1.29, 1.82) is 0 Å². The van der Waals surface area contributed by atoms with E-state index in [-0.39, 0.29) is 0 Å². The number of aryl methyl sites for hydroxylation is 1. The van der Waals surface area contributed by atoms with Crippen LogP contribution in [0, 0.1) is 0 Å². The zero-order valence-corrected chi connectivity index (χ0v) is 12.7. The number of rotatable bonds is 6. The molecule has 0 spiro atoms. The van der Waals surface area contributed by atoms with Gasteiger partial charge in [-0.25, -0.2) is 9.97 Å². The third-order valence-electron chi connectivity index (χ3n) is 3.28. The number of benzene rings is 1. The molecule has 1 N–H and O–H groups in total. The highest BCUT2D eigenvalue weighted by atomic mass is 35.5. The molecule has 0 bridgehead atoms. The molecule has 0 fully saturated rings. The topological polar surface area (TPSA) is 37.8 Å². The van der Waals surface area contributed by atoms with Crippen LogP contribution in [0.3, 0.4) is 0 Å². The van der Waals surface area contributed by atoms with Gasteiger partial charge in [0, 0.05) is 11.3 Å². The number of hydrogen-bond acceptors (Lipinski definition) is 3. The largest absolute Gasteiger partial charge is 0.340 e. The number of nitrogens with one attached hydrogen (secondary N) is 1. The van der Waals surface area contributed by atoms with Crippen molar-refractivity contribution in [2.24, 2.45) is 0 Å². The van der Waals surface area contributed by atoms with Gasteiger partial charge in [0.05, 0.1) is 0 Å². The average Bonchev–Trinajstić information content (AvgIpc) is 2.47. The Bertz CT molecular complexity index is 552. The second kappa shape index (κ2) is 7.25. The first kappa shape index (κ1) is 14.8. The second-order valence-electron chi connectivity index (χ2n) is 4.77. The Kier molecular flexibility index (Phi) is 5.36. The summed E-state index contributed by atoms with van der Waals surface area (Å²) < 4.78 is 0. The number of aromatic nitrogens is 2. The zero-order valence-electron chi connectivity index (χ0n) is 12.0. The van der Waals surface area contributed by atoms with Gasteiger partial charge in [-0.2, -0.15) is 0 Å². The van der Waals surface area contributed by atoms with Crippen LogP contribution < -0.4 is 5.32 Å². The molecule has 0 atom stereocenters. The maximum atomic E-state index is 6.09. The molecule has 3 nitrogen and oxygen atoms in total. The van der Waals surface area contributed by atoms with Gasteiger partial charge in [0.2, 0.25) is 0 Å². The fourth-order valence-electron chi connectivity index (χ4n) is 2.08. The van der Waals surface area contributed by atoms with Gasteiger partial charge in [-0.15, -0.1) is 0 Å². The summed E-state index contributed by atoms with van der Waals surface area (Å²) in [4.78, 5) is 8.29. The Balaban J connectivity index is 2.12. The maximum absolute atomic E-state index is 6.09. The van der Waals surface area contributed by atoms with Gasteiger partial charge in [-0.1, -0.05) is 44.0 Å². The molecule has 0 radical (unpaired) electrons. The molecule has 20 heavy (non-hydrogen) atoms. The normalized spacial score (nSPS) is 10.6. The van der Waals surface area contributed by atoms with E-state index in [1.165, 1.54) is 24.7 Å². The summed E-state index contributed by atoms with van der Waals surface area (Å²) in [7, 11) is 0. The van der Waals surface area contributed by atoms with Gasteiger partial charge in [-0.3, -0.25) is 0 Å². The summed E-state index contributed by atoms with van der Waals surface area (Å²) in [6, 6.07) is 8.49. The van der Waals surface area contributed by atoms with E-state index in [0.29, 0.717) is 5.15 Å². The van der Waals surface area contributed by atoms with Crippen LogP contribution in [0.5, 0.6) is 0 Å².